The predicted octanol–water partition coefficient (Wildman–Crippen LogP) is 0.866. The molecule has 2 N–H and O–H groups in total. The quantitative estimate of drug-likeness (QED) is 0.671. The van der Waals surface area contributed by atoms with Crippen LogP contribution in [0.3, 0.4) is 0 Å². The Morgan fingerprint density at radius 1 is 1.77 bits per heavy atom. The monoisotopic (exact) mass is 179 g/mol. The van der Waals surface area contributed by atoms with Crippen LogP contribution in [0.5, 0.6) is 0 Å². The zero-order chi connectivity index (χ0) is 9.42. The summed E-state index contributed by atoms with van der Waals surface area (Å²) in [6.07, 6.45) is 5.00. The number of nitrogens with one attached hydrogen (secondary N) is 1. The molecule has 5 nitrogen and oxygen atoms in total. The van der Waals surface area contributed by atoms with E-state index >= 15 is 0 Å². The van der Waals surface area contributed by atoms with Gasteiger partial charge < -0.3 is 10.4 Å². The Balaban J connectivity index is 2.49. The van der Waals surface area contributed by atoms with Gasteiger partial charge in [-0.05, 0) is 13.0 Å². The van der Waals surface area contributed by atoms with Crippen molar-refractivity contribution in [2.45, 2.75) is 13.0 Å². The summed E-state index contributed by atoms with van der Waals surface area (Å²) in [5, 5.41) is 15.7. The highest BCUT2D eigenvalue weighted by Gasteiger charge is 2.18. The molecule has 1 aliphatic heterocycles. The summed E-state index contributed by atoms with van der Waals surface area (Å²) in [6.45, 7) is 1.94. The minimum Gasteiger partial charge on any atom is -0.477 e. The van der Waals surface area contributed by atoms with Gasteiger partial charge in [0.25, 0.3) is 0 Å². The van der Waals surface area contributed by atoms with Gasteiger partial charge in [-0.15, -0.1) is 0 Å². The lowest BCUT2D eigenvalue weighted by molar-refractivity contribution is 0.0698. The number of nitrogens with zero attached hydrogens (tertiary/aromatic N) is 2. The molecule has 0 amide bonds. The summed E-state index contributed by atoms with van der Waals surface area (Å²) >= 11 is 0. The molecule has 0 spiro atoms. The largest absolute Gasteiger partial charge is 0.477 e. The third-order valence-corrected chi connectivity index (χ3v) is 1.91. The molecule has 0 saturated heterocycles. The Morgan fingerprint density at radius 2 is 2.54 bits per heavy atom. The molecule has 1 aliphatic rings. The first kappa shape index (κ1) is 7.85. The van der Waals surface area contributed by atoms with Crippen LogP contribution < -0.4 is 5.32 Å². The van der Waals surface area contributed by atoms with Gasteiger partial charge in [-0.1, -0.05) is 0 Å². The van der Waals surface area contributed by atoms with Crippen LogP contribution in [-0.2, 0) is 0 Å². The van der Waals surface area contributed by atoms with E-state index in [1.807, 2.05) is 13.0 Å². The van der Waals surface area contributed by atoms with Gasteiger partial charge in [0.05, 0.1) is 6.20 Å². The Labute approximate surface area is 74.7 Å². The maximum Gasteiger partial charge on any atom is 0.341 e. The van der Waals surface area contributed by atoms with Crippen LogP contribution >= 0.6 is 0 Å². The van der Waals surface area contributed by atoms with E-state index in [1.54, 1.807) is 6.20 Å². The zero-order valence-electron chi connectivity index (χ0n) is 7.06. The maximum atomic E-state index is 10.7. The number of hydrogen-bond acceptors (Lipinski definition) is 3. The molecule has 68 valence electrons. The molecule has 1 unspecified atom stereocenters. The van der Waals surface area contributed by atoms with Gasteiger partial charge in [0.1, 0.15) is 11.4 Å². The van der Waals surface area contributed by atoms with Crippen LogP contribution in [0.4, 0.5) is 5.82 Å². The topological polar surface area (TPSA) is 67.2 Å². The molecular formula is C8H9N3O2. The molecule has 5 heteroatoms. The van der Waals surface area contributed by atoms with E-state index in [9.17, 15) is 4.79 Å². The summed E-state index contributed by atoms with van der Waals surface area (Å²) in [5.41, 5.74) is 0.205. The predicted molar refractivity (Wildman–Crippen MR) is 47.6 cm³/mol. The lowest BCUT2D eigenvalue weighted by Crippen LogP contribution is -2.20. The van der Waals surface area contributed by atoms with E-state index in [-0.39, 0.29) is 11.6 Å². The molecule has 0 aromatic carbocycles. The van der Waals surface area contributed by atoms with Gasteiger partial charge in [0.15, 0.2) is 0 Å². The Bertz CT molecular complexity index is 381. The minimum absolute atomic E-state index is 0.141. The molecular weight excluding hydrogens is 170 g/mol. The fourth-order valence-electron chi connectivity index (χ4n) is 1.25. The Kier molecular flexibility index (Phi) is 1.58. The van der Waals surface area contributed by atoms with E-state index in [4.69, 9.17) is 5.11 Å². The van der Waals surface area contributed by atoms with Gasteiger partial charge in [-0.25, -0.2) is 9.48 Å². The molecule has 0 bridgehead atoms. The van der Waals surface area contributed by atoms with Crippen LogP contribution in [0.1, 0.15) is 17.3 Å². The first-order chi connectivity index (χ1) is 6.18. The van der Waals surface area contributed by atoms with Crippen LogP contribution in [0.2, 0.25) is 0 Å². The number of aromatic carboxylic acids is 1. The van der Waals surface area contributed by atoms with Crippen molar-refractivity contribution in [3.8, 4) is 0 Å². The lowest BCUT2D eigenvalue weighted by Gasteiger charge is -2.16. The molecule has 13 heavy (non-hydrogen) atoms. The number of anilines is 1. The molecule has 2 heterocycles. The minimum atomic E-state index is -0.962. The third-order valence-electron chi connectivity index (χ3n) is 1.91. The Hall–Kier alpha value is -1.78. The van der Waals surface area contributed by atoms with E-state index in [2.05, 4.69) is 10.4 Å². The zero-order valence-corrected chi connectivity index (χ0v) is 7.06. The molecule has 0 saturated carbocycles. The molecule has 1 aromatic rings. The highest BCUT2D eigenvalue weighted by Crippen LogP contribution is 2.20. The molecule has 0 radical (unpaired) electrons. The second-order valence-electron chi connectivity index (χ2n) is 2.93. The van der Waals surface area contributed by atoms with E-state index in [1.165, 1.54) is 10.9 Å². The average molecular weight is 179 g/mol. The van der Waals surface area contributed by atoms with Gasteiger partial charge in [-0.2, -0.15) is 5.10 Å². The lowest BCUT2D eigenvalue weighted by atomic mass is 10.2. The summed E-state index contributed by atoms with van der Waals surface area (Å²) < 4.78 is 1.52. The molecule has 1 aromatic heterocycles. The second-order valence-corrected chi connectivity index (χ2v) is 2.93. The molecule has 0 aliphatic carbocycles. The van der Waals surface area contributed by atoms with Crippen LogP contribution in [0.25, 0.3) is 6.20 Å². The number of carbonyl (C=O) groups is 1. The van der Waals surface area contributed by atoms with Crippen molar-refractivity contribution in [3.63, 3.8) is 0 Å². The first-order valence-electron chi connectivity index (χ1n) is 3.94. The fraction of sp³-hybridized carbons (Fsp3) is 0.250. The van der Waals surface area contributed by atoms with Gasteiger partial charge in [0, 0.05) is 12.2 Å². The number of carboxylic acids is 1. The molecule has 2 rings (SSSR count). The van der Waals surface area contributed by atoms with Crippen molar-refractivity contribution in [2.24, 2.45) is 0 Å². The van der Waals surface area contributed by atoms with E-state index in [0.29, 0.717) is 5.82 Å². The van der Waals surface area contributed by atoms with Crippen molar-refractivity contribution >= 4 is 18.0 Å². The highest BCUT2D eigenvalue weighted by atomic mass is 16.4. The summed E-state index contributed by atoms with van der Waals surface area (Å²) in [7, 11) is 0. The highest BCUT2D eigenvalue weighted by molar-refractivity contribution is 5.93. The van der Waals surface area contributed by atoms with Crippen molar-refractivity contribution in [1.29, 1.82) is 0 Å². The third kappa shape index (κ3) is 1.18. The van der Waals surface area contributed by atoms with E-state index in [0.717, 1.165) is 0 Å². The van der Waals surface area contributed by atoms with Crippen molar-refractivity contribution in [1.82, 2.24) is 9.78 Å². The SMILES string of the molecule is CC1C=Cn2ncc(C(=O)O)c2N1. The van der Waals surface area contributed by atoms with Crippen LogP contribution in [0, 0.1) is 0 Å². The normalized spacial score (nSPS) is 19.3. The van der Waals surface area contributed by atoms with Gasteiger partial charge >= 0.3 is 5.97 Å². The second kappa shape index (κ2) is 2.62. The summed E-state index contributed by atoms with van der Waals surface area (Å²) in [4.78, 5) is 10.7. The average Bonchev–Trinajstić information content (AvgIpc) is 2.46. The van der Waals surface area contributed by atoms with Crippen LogP contribution in [0.15, 0.2) is 12.3 Å². The number of carboxylic acid groups (broad SMARTS) is 1. The van der Waals surface area contributed by atoms with Crippen molar-refractivity contribution in [2.75, 3.05) is 5.32 Å². The summed E-state index contributed by atoms with van der Waals surface area (Å²) in [6, 6.07) is 0.141. The number of rotatable bonds is 1. The van der Waals surface area contributed by atoms with Gasteiger partial charge in [0.2, 0.25) is 0 Å². The Morgan fingerprint density at radius 3 is 3.23 bits per heavy atom. The van der Waals surface area contributed by atoms with Crippen molar-refractivity contribution < 1.29 is 9.90 Å². The summed E-state index contributed by atoms with van der Waals surface area (Å²) in [5.74, 6) is -0.418. The molecule has 0 fully saturated rings. The standard InChI is InChI=1S/C8H9N3O2/c1-5-2-3-11-7(10-5)6(4-9-11)8(12)13/h2-5,10H,1H3,(H,12,13). The number of hydrogen-bond donors (Lipinski definition) is 2. The smallest absolute Gasteiger partial charge is 0.341 e. The van der Waals surface area contributed by atoms with E-state index < -0.39 is 5.97 Å². The number of aromatic nitrogens is 2. The van der Waals surface area contributed by atoms with Crippen LogP contribution in [-0.4, -0.2) is 26.9 Å². The van der Waals surface area contributed by atoms with Gasteiger partial charge in [-0.3, -0.25) is 0 Å². The van der Waals surface area contributed by atoms with Crippen molar-refractivity contribution in [3.05, 3.63) is 17.8 Å². The number of fused-ring (bicyclic) bond motifs is 1. The molecule has 1 atom stereocenters. The fourth-order valence-corrected chi connectivity index (χ4v) is 1.25. The maximum absolute atomic E-state index is 10.7. The first-order valence-corrected chi connectivity index (χ1v) is 3.94.